The largest absolute Gasteiger partial charge is 0.487 e. The Morgan fingerprint density at radius 3 is 3.10 bits per heavy atom. The van der Waals surface area contributed by atoms with Crippen LogP contribution in [0.1, 0.15) is 49.6 Å². The number of nitrogens with zero attached hydrogens (tertiary/aromatic N) is 5. The Labute approximate surface area is 174 Å². The molecule has 0 unspecified atom stereocenters. The number of aromatic nitrogens is 4. The number of ether oxygens (including phenoxy) is 1. The number of likely N-dealkylation sites (tertiary alicyclic amines) is 1. The van der Waals surface area contributed by atoms with Crippen LogP contribution >= 0.6 is 11.3 Å². The molecule has 0 bridgehead atoms. The third-order valence-electron chi connectivity index (χ3n) is 5.47. The van der Waals surface area contributed by atoms with E-state index < -0.39 is 0 Å². The van der Waals surface area contributed by atoms with E-state index in [1.807, 2.05) is 6.20 Å². The van der Waals surface area contributed by atoms with E-state index in [2.05, 4.69) is 57.4 Å². The Balaban J connectivity index is 1.32. The van der Waals surface area contributed by atoms with Gasteiger partial charge in [-0.15, -0.1) is 10.2 Å². The average molecular weight is 409 g/mol. The SMILES string of the molecule is CC1(C)Cc2cc(CN3CCC[C@@H]3c3cncc(Nc4nncs4)n3)ccc2O1. The molecule has 0 saturated carbocycles. The molecule has 1 atom stereocenters. The lowest BCUT2D eigenvalue weighted by Crippen LogP contribution is -2.24. The van der Waals surface area contributed by atoms with Crippen molar-refractivity contribution >= 4 is 22.3 Å². The van der Waals surface area contributed by atoms with Gasteiger partial charge in [0, 0.05) is 13.0 Å². The van der Waals surface area contributed by atoms with Gasteiger partial charge in [0.15, 0.2) is 5.82 Å². The van der Waals surface area contributed by atoms with Crippen LogP contribution in [0.25, 0.3) is 0 Å². The summed E-state index contributed by atoms with van der Waals surface area (Å²) in [7, 11) is 0. The summed E-state index contributed by atoms with van der Waals surface area (Å²) in [6.45, 7) is 6.27. The van der Waals surface area contributed by atoms with Crippen LogP contribution in [0.15, 0.2) is 36.1 Å². The van der Waals surface area contributed by atoms with Crippen molar-refractivity contribution < 1.29 is 4.74 Å². The van der Waals surface area contributed by atoms with Crippen molar-refractivity contribution in [2.75, 3.05) is 11.9 Å². The van der Waals surface area contributed by atoms with Crippen molar-refractivity contribution in [3.05, 3.63) is 52.9 Å². The summed E-state index contributed by atoms with van der Waals surface area (Å²) in [6, 6.07) is 6.89. The number of hydrogen-bond acceptors (Lipinski definition) is 8. The number of benzene rings is 1. The lowest BCUT2D eigenvalue weighted by Gasteiger charge is -2.24. The van der Waals surface area contributed by atoms with Gasteiger partial charge in [0.1, 0.15) is 16.9 Å². The minimum atomic E-state index is -0.104. The van der Waals surface area contributed by atoms with Gasteiger partial charge in [0.05, 0.1) is 24.1 Å². The Morgan fingerprint density at radius 1 is 1.31 bits per heavy atom. The maximum Gasteiger partial charge on any atom is 0.211 e. The summed E-state index contributed by atoms with van der Waals surface area (Å²) in [5.41, 5.74) is 5.23. The van der Waals surface area contributed by atoms with E-state index in [1.54, 1.807) is 11.7 Å². The summed E-state index contributed by atoms with van der Waals surface area (Å²) in [4.78, 5) is 11.7. The fourth-order valence-electron chi connectivity index (χ4n) is 4.29. The van der Waals surface area contributed by atoms with E-state index >= 15 is 0 Å². The molecule has 8 heteroatoms. The molecular weight excluding hydrogens is 384 g/mol. The molecule has 29 heavy (non-hydrogen) atoms. The normalized spacial score (nSPS) is 20.4. The third-order valence-corrected chi connectivity index (χ3v) is 6.07. The summed E-state index contributed by atoms with van der Waals surface area (Å²) < 4.78 is 6.02. The highest BCUT2D eigenvalue weighted by molar-refractivity contribution is 7.13. The van der Waals surface area contributed by atoms with Crippen molar-refractivity contribution in [3.8, 4) is 5.75 Å². The molecule has 3 aromatic rings. The second kappa shape index (κ2) is 7.35. The first-order valence-corrected chi connectivity index (χ1v) is 10.8. The summed E-state index contributed by atoms with van der Waals surface area (Å²) >= 11 is 1.45. The topological polar surface area (TPSA) is 76.1 Å². The number of fused-ring (bicyclic) bond motifs is 1. The highest BCUT2D eigenvalue weighted by atomic mass is 32.1. The van der Waals surface area contributed by atoms with Gasteiger partial charge in [0.2, 0.25) is 5.13 Å². The Bertz CT molecular complexity index is 1010. The van der Waals surface area contributed by atoms with Crippen LogP contribution in [0.2, 0.25) is 0 Å². The van der Waals surface area contributed by atoms with Crippen molar-refractivity contribution in [1.82, 2.24) is 25.1 Å². The molecule has 0 radical (unpaired) electrons. The fraction of sp³-hybridized carbons (Fsp3) is 0.429. The maximum atomic E-state index is 6.02. The standard InChI is InChI=1S/C21H24N6OS/c1-21(2)9-15-8-14(5-6-18(15)28-21)12-27-7-3-4-17(27)16-10-22-11-19(24-16)25-20-26-23-13-29-20/h5-6,8,10-11,13,17H,3-4,7,9,12H2,1-2H3,(H,24,25,26)/t17-/m1/s1. The van der Waals surface area contributed by atoms with Crippen LogP contribution in [0, 0.1) is 0 Å². The van der Waals surface area contributed by atoms with Gasteiger partial charge in [-0.05, 0) is 50.4 Å². The van der Waals surface area contributed by atoms with E-state index in [1.165, 1.54) is 28.9 Å². The van der Waals surface area contributed by atoms with Gasteiger partial charge in [0.25, 0.3) is 0 Å². The maximum absolute atomic E-state index is 6.02. The predicted molar refractivity (Wildman–Crippen MR) is 112 cm³/mol. The number of anilines is 2. The molecule has 2 aliphatic heterocycles. The van der Waals surface area contributed by atoms with Crippen molar-refractivity contribution in [1.29, 1.82) is 0 Å². The van der Waals surface area contributed by atoms with E-state index in [0.29, 0.717) is 5.82 Å². The molecule has 2 aromatic heterocycles. The lowest BCUT2D eigenvalue weighted by atomic mass is 10.00. The van der Waals surface area contributed by atoms with Crippen LogP contribution in [0.5, 0.6) is 5.75 Å². The van der Waals surface area contributed by atoms with Crippen molar-refractivity contribution in [3.63, 3.8) is 0 Å². The smallest absolute Gasteiger partial charge is 0.211 e. The second-order valence-corrected chi connectivity index (χ2v) is 9.14. The first-order valence-electron chi connectivity index (χ1n) is 9.96. The van der Waals surface area contributed by atoms with Gasteiger partial charge in [-0.1, -0.05) is 23.5 Å². The molecule has 5 rings (SSSR count). The quantitative estimate of drug-likeness (QED) is 0.680. The second-order valence-electron chi connectivity index (χ2n) is 8.31. The van der Waals surface area contributed by atoms with Crippen LogP contribution in [-0.4, -0.2) is 37.2 Å². The molecule has 0 aliphatic carbocycles. The van der Waals surface area contributed by atoms with Crippen LogP contribution < -0.4 is 10.1 Å². The molecule has 0 amide bonds. The predicted octanol–water partition coefficient (Wildman–Crippen LogP) is 4.12. The fourth-order valence-corrected chi connectivity index (χ4v) is 4.74. The summed E-state index contributed by atoms with van der Waals surface area (Å²) in [5.74, 6) is 1.74. The lowest BCUT2D eigenvalue weighted by molar-refractivity contribution is 0.138. The molecule has 2 aliphatic rings. The number of hydrogen-bond donors (Lipinski definition) is 1. The molecule has 150 valence electrons. The molecule has 1 N–H and O–H groups in total. The minimum Gasteiger partial charge on any atom is -0.487 e. The third kappa shape index (κ3) is 3.95. The van der Waals surface area contributed by atoms with E-state index in [0.717, 1.165) is 42.5 Å². The highest BCUT2D eigenvalue weighted by Crippen LogP contribution is 2.37. The Morgan fingerprint density at radius 2 is 2.24 bits per heavy atom. The zero-order chi connectivity index (χ0) is 19.8. The molecule has 1 aromatic carbocycles. The van der Waals surface area contributed by atoms with Gasteiger partial charge in [-0.25, -0.2) is 4.98 Å². The Hall–Kier alpha value is -2.58. The zero-order valence-corrected chi connectivity index (χ0v) is 17.4. The molecule has 4 heterocycles. The molecule has 1 fully saturated rings. The number of nitrogens with one attached hydrogen (secondary N) is 1. The van der Waals surface area contributed by atoms with E-state index in [-0.39, 0.29) is 11.6 Å². The van der Waals surface area contributed by atoms with Crippen LogP contribution in [0.4, 0.5) is 10.9 Å². The van der Waals surface area contributed by atoms with Crippen LogP contribution in [0.3, 0.4) is 0 Å². The van der Waals surface area contributed by atoms with Gasteiger partial charge in [-0.2, -0.15) is 0 Å². The number of rotatable bonds is 5. The average Bonchev–Trinajstić information content (AvgIpc) is 3.41. The van der Waals surface area contributed by atoms with Crippen molar-refractivity contribution in [2.24, 2.45) is 0 Å². The van der Waals surface area contributed by atoms with Gasteiger partial charge in [-0.3, -0.25) is 9.88 Å². The summed E-state index contributed by atoms with van der Waals surface area (Å²) in [6.07, 6.45) is 6.84. The monoisotopic (exact) mass is 408 g/mol. The highest BCUT2D eigenvalue weighted by Gasteiger charge is 2.31. The molecule has 0 spiro atoms. The zero-order valence-electron chi connectivity index (χ0n) is 16.6. The molecule has 1 saturated heterocycles. The first kappa shape index (κ1) is 18.4. The molecular formula is C21H24N6OS. The van der Waals surface area contributed by atoms with Gasteiger partial charge >= 0.3 is 0 Å². The van der Waals surface area contributed by atoms with E-state index in [9.17, 15) is 0 Å². The Kier molecular flexibility index (Phi) is 4.67. The first-order chi connectivity index (χ1) is 14.1. The van der Waals surface area contributed by atoms with Crippen molar-refractivity contribution in [2.45, 2.75) is 51.3 Å². The molecule has 7 nitrogen and oxygen atoms in total. The minimum absolute atomic E-state index is 0.104. The summed E-state index contributed by atoms with van der Waals surface area (Å²) in [5, 5.41) is 11.8. The van der Waals surface area contributed by atoms with Crippen LogP contribution in [-0.2, 0) is 13.0 Å². The van der Waals surface area contributed by atoms with Gasteiger partial charge < -0.3 is 10.1 Å². The van der Waals surface area contributed by atoms with E-state index in [4.69, 9.17) is 9.72 Å².